The zero-order valence-electron chi connectivity index (χ0n) is 21.4. The average molecular weight is 490 g/mol. The van der Waals surface area contributed by atoms with Gasteiger partial charge in [-0.2, -0.15) is 0 Å². The molecule has 0 radical (unpaired) electrons. The Morgan fingerprint density at radius 1 is 1.26 bits per heavy atom. The standard InChI is InChI=1S/C27H40ClN3O3/c1-18(32)33-23-15-20(26(2,3)12-8-6-7-9-13-28)16-24-25(23)21-14-19(17-30-31-29)10-11-22(21)27(4,5)34-24/h15-16,19,21-22H,6-14,17H2,1-5H3. The highest BCUT2D eigenvalue weighted by molar-refractivity contribution is 6.17. The maximum atomic E-state index is 12.1. The fourth-order valence-electron chi connectivity index (χ4n) is 5.93. The van der Waals surface area contributed by atoms with Crippen LogP contribution in [0.25, 0.3) is 10.4 Å². The zero-order chi connectivity index (χ0) is 24.9. The highest BCUT2D eigenvalue weighted by atomic mass is 35.5. The number of hydrogen-bond acceptors (Lipinski definition) is 4. The molecule has 0 bridgehead atoms. The number of alkyl halides is 1. The van der Waals surface area contributed by atoms with Crippen LogP contribution < -0.4 is 9.47 Å². The van der Waals surface area contributed by atoms with Crippen molar-refractivity contribution in [3.8, 4) is 11.5 Å². The smallest absolute Gasteiger partial charge is 0.308 e. The molecule has 1 heterocycles. The van der Waals surface area contributed by atoms with E-state index in [1.807, 2.05) is 0 Å². The van der Waals surface area contributed by atoms with Gasteiger partial charge in [0, 0.05) is 35.7 Å². The normalized spacial score (nSPS) is 23.2. The lowest BCUT2D eigenvalue weighted by Crippen LogP contribution is -2.47. The molecule has 0 amide bonds. The van der Waals surface area contributed by atoms with Crippen molar-refractivity contribution >= 4 is 17.6 Å². The van der Waals surface area contributed by atoms with Crippen LogP contribution in [0.5, 0.6) is 11.5 Å². The number of halogens is 1. The van der Waals surface area contributed by atoms with E-state index in [-0.39, 0.29) is 22.9 Å². The van der Waals surface area contributed by atoms with Crippen LogP contribution in [-0.4, -0.2) is 24.0 Å². The number of carbonyl (C=O) groups excluding carboxylic acids is 1. The number of unbranched alkanes of at least 4 members (excludes halogenated alkanes) is 3. The van der Waals surface area contributed by atoms with Crippen molar-refractivity contribution in [3.63, 3.8) is 0 Å². The molecule has 0 saturated heterocycles. The molecule has 0 N–H and O–H groups in total. The molecule has 34 heavy (non-hydrogen) atoms. The minimum atomic E-state index is -0.320. The van der Waals surface area contributed by atoms with Crippen LogP contribution in [0.2, 0.25) is 0 Å². The van der Waals surface area contributed by atoms with Crippen LogP contribution >= 0.6 is 11.6 Å². The molecular formula is C27H40ClN3O3. The predicted octanol–water partition coefficient (Wildman–Crippen LogP) is 8.06. The molecule has 3 unspecified atom stereocenters. The molecule has 0 spiro atoms. The molecule has 1 aromatic rings. The molecule has 3 atom stereocenters. The highest BCUT2D eigenvalue weighted by Gasteiger charge is 2.48. The summed E-state index contributed by atoms with van der Waals surface area (Å²) >= 11 is 5.82. The first-order valence-corrected chi connectivity index (χ1v) is 13.2. The fraction of sp³-hybridized carbons (Fsp3) is 0.741. The van der Waals surface area contributed by atoms with Gasteiger partial charge in [-0.1, -0.05) is 38.2 Å². The predicted molar refractivity (Wildman–Crippen MR) is 137 cm³/mol. The number of esters is 1. The largest absolute Gasteiger partial charge is 0.487 e. The second-order valence-corrected chi connectivity index (χ2v) is 11.6. The molecular weight excluding hydrogens is 450 g/mol. The van der Waals surface area contributed by atoms with E-state index < -0.39 is 0 Å². The van der Waals surface area contributed by atoms with Crippen molar-refractivity contribution in [2.45, 2.75) is 103 Å². The van der Waals surface area contributed by atoms with Gasteiger partial charge in [-0.3, -0.25) is 4.79 Å². The lowest BCUT2D eigenvalue weighted by Gasteiger charge is -2.49. The topological polar surface area (TPSA) is 84.3 Å². The molecule has 1 aliphatic carbocycles. The molecule has 1 fully saturated rings. The quantitative estimate of drug-likeness (QED) is 0.0633. The number of hydrogen-bond donors (Lipinski definition) is 0. The number of azide groups is 1. The Labute approximate surface area is 209 Å². The summed E-state index contributed by atoms with van der Waals surface area (Å²) < 4.78 is 12.5. The van der Waals surface area contributed by atoms with Crippen molar-refractivity contribution in [1.82, 2.24) is 0 Å². The number of benzene rings is 1. The van der Waals surface area contributed by atoms with Gasteiger partial charge in [0.25, 0.3) is 0 Å². The first-order valence-electron chi connectivity index (χ1n) is 12.7. The monoisotopic (exact) mass is 489 g/mol. The van der Waals surface area contributed by atoms with Crippen molar-refractivity contribution < 1.29 is 14.3 Å². The van der Waals surface area contributed by atoms with Gasteiger partial charge in [-0.25, -0.2) is 0 Å². The molecule has 0 aromatic heterocycles. The number of ether oxygens (including phenoxy) is 2. The summed E-state index contributed by atoms with van der Waals surface area (Å²) in [6.07, 6.45) is 8.46. The van der Waals surface area contributed by atoms with Gasteiger partial charge in [0.1, 0.15) is 17.1 Å². The molecule has 7 heteroatoms. The number of carbonyl (C=O) groups is 1. The third-order valence-electron chi connectivity index (χ3n) is 7.82. The molecule has 1 saturated carbocycles. The van der Waals surface area contributed by atoms with Crippen molar-refractivity contribution in [2.75, 3.05) is 12.4 Å². The second kappa shape index (κ2) is 11.2. The third-order valence-corrected chi connectivity index (χ3v) is 8.09. The van der Waals surface area contributed by atoms with Gasteiger partial charge < -0.3 is 9.47 Å². The second-order valence-electron chi connectivity index (χ2n) is 11.2. The minimum Gasteiger partial charge on any atom is -0.487 e. The Kier molecular flexibility index (Phi) is 8.81. The highest BCUT2D eigenvalue weighted by Crippen LogP contribution is 2.56. The Hall–Kier alpha value is -1.91. The Bertz CT molecular complexity index is 924. The maximum absolute atomic E-state index is 12.1. The van der Waals surface area contributed by atoms with Gasteiger partial charge in [0.2, 0.25) is 0 Å². The Balaban J connectivity index is 1.97. The number of fused-ring (bicyclic) bond motifs is 3. The Morgan fingerprint density at radius 2 is 2.00 bits per heavy atom. The first kappa shape index (κ1) is 26.7. The van der Waals surface area contributed by atoms with E-state index in [4.69, 9.17) is 26.6 Å². The first-order chi connectivity index (χ1) is 16.1. The van der Waals surface area contributed by atoms with E-state index in [9.17, 15) is 4.79 Å². The van der Waals surface area contributed by atoms with Gasteiger partial charge >= 0.3 is 5.97 Å². The summed E-state index contributed by atoms with van der Waals surface area (Å²) in [4.78, 5) is 15.1. The van der Waals surface area contributed by atoms with Crippen LogP contribution in [0.1, 0.15) is 103 Å². The third kappa shape index (κ3) is 6.20. The summed E-state index contributed by atoms with van der Waals surface area (Å²) in [6, 6.07) is 4.24. The van der Waals surface area contributed by atoms with Gasteiger partial charge in [-0.15, -0.1) is 11.6 Å². The Morgan fingerprint density at radius 3 is 2.68 bits per heavy atom. The molecule has 188 valence electrons. The van der Waals surface area contributed by atoms with Crippen molar-refractivity contribution in [3.05, 3.63) is 33.7 Å². The van der Waals surface area contributed by atoms with Crippen molar-refractivity contribution in [2.24, 2.45) is 17.0 Å². The maximum Gasteiger partial charge on any atom is 0.308 e. The minimum absolute atomic E-state index is 0.0775. The van der Waals surface area contributed by atoms with E-state index in [1.165, 1.54) is 6.92 Å². The fourth-order valence-corrected chi connectivity index (χ4v) is 6.11. The summed E-state index contributed by atoms with van der Waals surface area (Å²) in [6.45, 7) is 10.8. The average Bonchev–Trinajstić information content (AvgIpc) is 2.76. The molecule has 3 rings (SSSR count). The zero-order valence-corrected chi connectivity index (χ0v) is 22.2. The van der Waals surface area contributed by atoms with Crippen LogP contribution in [0, 0.1) is 11.8 Å². The number of rotatable bonds is 10. The van der Waals surface area contributed by atoms with Crippen LogP contribution in [0.3, 0.4) is 0 Å². The summed E-state index contributed by atoms with van der Waals surface area (Å²) in [7, 11) is 0. The van der Waals surface area contributed by atoms with Gasteiger partial charge in [0.05, 0.1) is 0 Å². The molecule has 1 aliphatic heterocycles. The van der Waals surface area contributed by atoms with E-state index in [0.29, 0.717) is 24.1 Å². The van der Waals surface area contributed by atoms with E-state index in [2.05, 4.69) is 49.9 Å². The van der Waals surface area contributed by atoms with E-state index in [0.717, 1.165) is 74.1 Å². The van der Waals surface area contributed by atoms with Crippen molar-refractivity contribution in [1.29, 1.82) is 0 Å². The lowest BCUT2D eigenvalue weighted by atomic mass is 9.63. The van der Waals surface area contributed by atoms with E-state index >= 15 is 0 Å². The van der Waals surface area contributed by atoms with E-state index in [1.54, 1.807) is 0 Å². The van der Waals surface area contributed by atoms with Crippen LogP contribution in [-0.2, 0) is 10.2 Å². The summed E-state index contributed by atoms with van der Waals surface area (Å²) in [5.74, 6) is 2.71. The number of nitrogens with zero attached hydrogens (tertiary/aromatic N) is 3. The summed E-state index contributed by atoms with van der Waals surface area (Å²) in [5, 5.41) is 3.85. The van der Waals surface area contributed by atoms with Gasteiger partial charge in [0.15, 0.2) is 0 Å². The van der Waals surface area contributed by atoms with Crippen LogP contribution in [0.4, 0.5) is 0 Å². The molecule has 1 aromatic carbocycles. The van der Waals surface area contributed by atoms with Crippen LogP contribution in [0.15, 0.2) is 17.2 Å². The SMILES string of the molecule is CC(=O)Oc1cc(C(C)(C)CCCCCCCl)cc2c1C1CC(CN=[N+]=[N-])CCC1C(C)(C)O2. The lowest BCUT2D eigenvalue weighted by molar-refractivity contribution is -0.132. The summed E-state index contributed by atoms with van der Waals surface area (Å²) in [5.41, 5.74) is 10.5. The molecule has 6 nitrogen and oxygen atoms in total. The molecule has 2 aliphatic rings. The van der Waals surface area contributed by atoms with Gasteiger partial charge in [-0.05, 0) is 86.4 Å².